The average Bonchev–Trinajstić information content (AvgIpc) is 2.80. The van der Waals surface area contributed by atoms with Crippen molar-refractivity contribution in [3.63, 3.8) is 0 Å². The second-order valence-corrected chi connectivity index (χ2v) is 10.7. The molecule has 0 aliphatic rings. The molecule has 1 aromatic heterocycles. The highest BCUT2D eigenvalue weighted by Gasteiger charge is 2.26. The first-order valence-corrected chi connectivity index (χ1v) is 13.8. The number of nitrogens with zero attached hydrogens (tertiary/aromatic N) is 2. The minimum Gasteiger partial charge on any atom is -0.496 e. The zero-order chi connectivity index (χ0) is 28.0. The summed E-state index contributed by atoms with van der Waals surface area (Å²) in [5, 5.41) is 0. The van der Waals surface area contributed by atoms with Crippen LogP contribution in [-0.2, 0) is 32.5 Å². The fourth-order valence-corrected chi connectivity index (χ4v) is 5.86. The van der Waals surface area contributed by atoms with Gasteiger partial charge in [0.2, 0.25) is 11.8 Å². The van der Waals surface area contributed by atoms with E-state index in [2.05, 4.69) is 9.97 Å². The van der Waals surface area contributed by atoms with Crippen molar-refractivity contribution in [3.8, 4) is 11.6 Å². The summed E-state index contributed by atoms with van der Waals surface area (Å²) in [5.74, 6) is 0.204. The summed E-state index contributed by atoms with van der Waals surface area (Å²) in [4.78, 5) is 20.1. The highest BCUT2D eigenvalue weighted by atomic mass is 32.2. The maximum atomic E-state index is 13.4. The minimum atomic E-state index is -4.20. The van der Waals surface area contributed by atoms with Crippen LogP contribution in [0.4, 0.5) is 5.95 Å². The van der Waals surface area contributed by atoms with E-state index >= 15 is 0 Å². The van der Waals surface area contributed by atoms with Crippen LogP contribution in [0.15, 0.2) is 35.2 Å². The summed E-state index contributed by atoms with van der Waals surface area (Å²) >= 11 is 0. The third kappa shape index (κ3) is 7.00. The fourth-order valence-electron chi connectivity index (χ4n) is 4.52. The molecule has 0 atom stereocenters. The standard InChI is InChI=1S/C28H35N3O6S/c1-7-36-25(32)10-8-9-21-11-12-22(24(15-21)35-6)16-23-20(5)30-28(29)31-27(23)37-38(33,34)26-18(3)13-17(2)14-19(26)4/h11-15H,7-10,16H2,1-6H3,(H2,29,30,31). The van der Waals surface area contributed by atoms with Gasteiger partial charge in [-0.1, -0.05) is 29.8 Å². The van der Waals surface area contributed by atoms with Crippen LogP contribution in [0.2, 0.25) is 0 Å². The molecule has 204 valence electrons. The number of anilines is 1. The molecule has 0 fully saturated rings. The van der Waals surface area contributed by atoms with Crippen LogP contribution in [0, 0.1) is 27.7 Å². The summed E-state index contributed by atoms with van der Waals surface area (Å²) in [7, 11) is -2.63. The summed E-state index contributed by atoms with van der Waals surface area (Å²) in [6, 6.07) is 9.35. The molecule has 0 aliphatic carbocycles. The molecule has 0 spiro atoms. The zero-order valence-electron chi connectivity index (χ0n) is 22.8. The molecule has 1 heterocycles. The van der Waals surface area contributed by atoms with Gasteiger partial charge in [0.05, 0.1) is 19.4 Å². The normalized spacial score (nSPS) is 11.3. The molecule has 0 saturated carbocycles. The van der Waals surface area contributed by atoms with Gasteiger partial charge in [-0.2, -0.15) is 13.4 Å². The number of esters is 1. The van der Waals surface area contributed by atoms with Crippen LogP contribution in [0.5, 0.6) is 11.6 Å². The molecule has 38 heavy (non-hydrogen) atoms. The first-order valence-electron chi connectivity index (χ1n) is 12.4. The zero-order valence-corrected chi connectivity index (χ0v) is 23.6. The van der Waals surface area contributed by atoms with Gasteiger partial charge in [0.15, 0.2) is 0 Å². The molecule has 3 rings (SSSR count). The van der Waals surface area contributed by atoms with Crippen molar-refractivity contribution in [2.75, 3.05) is 19.5 Å². The van der Waals surface area contributed by atoms with Crippen LogP contribution < -0.4 is 14.7 Å². The van der Waals surface area contributed by atoms with E-state index in [1.54, 1.807) is 46.9 Å². The first-order chi connectivity index (χ1) is 17.9. The number of rotatable bonds is 11. The van der Waals surface area contributed by atoms with Gasteiger partial charge in [-0.3, -0.25) is 4.79 Å². The third-order valence-electron chi connectivity index (χ3n) is 6.11. The van der Waals surface area contributed by atoms with E-state index in [1.807, 2.05) is 25.1 Å². The van der Waals surface area contributed by atoms with E-state index < -0.39 is 10.1 Å². The summed E-state index contributed by atoms with van der Waals surface area (Å²) in [5.41, 5.74) is 10.8. The second kappa shape index (κ2) is 12.3. The van der Waals surface area contributed by atoms with Gasteiger partial charge < -0.3 is 19.4 Å². The number of nitrogens with two attached hydrogens (primary N) is 1. The Bertz CT molecular complexity index is 1410. The van der Waals surface area contributed by atoms with Crippen LogP contribution in [0.25, 0.3) is 0 Å². The minimum absolute atomic E-state index is 0.0855. The number of hydrogen-bond donors (Lipinski definition) is 1. The van der Waals surface area contributed by atoms with E-state index in [9.17, 15) is 13.2 Å². The topological polar surface area (TPSA) is 131 Å². The summed E-state index contributed by atoms with van der Waals surface area (Å²) < 4.78 is 42.9. The van der Waals surface area contributed by atoms with Gasteiger partial charge in [0.1, 0.15) is 10.6 Å². The lowest BCUT2D eigenvalue weighted by molar-refractivity contribution is -0.143. The highest BCUT2D eigenvalue weighted by molar-refractivity contribution is 7.87. The Hall–Kier alpha value is -3.66. The van der Waals surface area contributed by atoms with Gasteiger partial charge in [-0.15, -0.1) is 0 Å². The molecule has 0 radical (unpaired) electrons. The molecular formula is C28H35N3O6S. The van der Waals surface area contributed by atoms with E-state index in [0.717, 1.165) is 16.7 Å². The maximum absolute atomic E-state index is 13.4. The molecule has 0 bridgehead atoms. The lowest BCUT2D eigenvalue weighted by Gasteiger charge is -2.17. The van der Waals surface area contributed by atoms with Crippen molar-refractivity contribution >= 4 is 22.0 Å². The molecule has 2 aromatic carbocycles. The Morgan fingerprint density at radius 1 is 1.03 bits per heavy atom. The van der Waals surface area contributed by atoms with Crippen molar-refractivity contribution in [1.82, 2.24) is 9.97 Å². The average molecular weight is 542 g/mol. The Morgan fingerprint density at radius 3 is 2.34 bits per heavy atom. The molecule has 0 unspecified atom stereocenters. The Kier molecular flexibility index (Phi) is 9.32. The molecular weight excluding hydrogens is 506 g/mol. The van der Waals surface area contributed by atoms with E-state index in [1.165, 1.54) is 0 Å². The monoisotopic (exact) mass is 541 g/mol. The smallest absolute Gasteiger partial charge is 0.341 e. The first kappa shape index (κ1) is 28.9. The molecule has 10 heteroatoms. The van der Waals surface area contributed by atoms with Crippen LogP contribution >= 0.6 is 0 Å². The van der Waals surface area contributed by atoms with Gasteiger partial charge in [0, 0.05) is 18.4 Å². The molecule has 2 N–H and O–H groups in total. The van der Waals surface area contributed by atoms with Gasteiger partial charge >= 0.3 is 16.1 Å². The summed E-state index contributed by atoms with van der Waals surface area (Å²) in [6.07, 6.45) is 1.94. The number of nitrogen functional groups attached to an aromatic ring is 1. The number of hydrogen-bond acceptors (Lipinski definition) is 9. The fraction of sp³-hybridized carbons (Fsp3) is 0.393. The lowest BCUT2D eigenvalue weighted by Crippen LogP contribution is -2.17. The van der Waals surface area contributed by atoms with Crippen molar-refractivity contribution in [2.45, 2.75) is 65.2 Å². The van der Waals surface area contributed by atoms with Crippen molar-refractivity contribution in [1.29, 1.82) is 0 Å². The van der Waals surface area contributed by atoms with Crippen LogP contribution in [0.1, 0.15) is 58.8 Å². The Morgan fingerprint density at radius 2 is 1.71 bits per heavy atom. The van der Waals surface area contributed by atoms with E-state index in [-0.39, 0.29) is 29.1 Å². The lowest BCUT2D eigenvalue weighted by atomic mass is 10.00. The van der Waals surface area contributed by atoms with Gasteiger partial charge in [-0.25, -0.2) is 4.98 Å². The van der Waals surface area contributed by atoms with Crippen molar-refractivity contribution < 1.29 is 26.9 Å². The van der Waals surface area contributed by atoms with Crippen LogP contribution in [0.3, 0.4) is 0 Å². The quantitative estimate of drug-likeness (QED) is 0.274. The molecule has 3 aromatic rings. The van der Waals surface area contributed by atoms with E-state index in [0.29, 0.717) is 54.0 Å². The number of benzene rings is 2. The van der Waals surface area contributed by atoms with E-state index in [4.69, 9.17) is 19.4 Å². The maximum Gasteiger partial charge on any atom is 0.341 e. The predicted octanol–water partition coefficient (Wildman–Crippen LogP) is 4.55. The molecule has 0 amide bonds. The number of aryl methyl sites for hydroxylation is 5. The number of carbonyl (C=O) groups is 1. The Balaban J connectivity index is 1.91. The number of methoxy groups -OCH3 is 1. The largest absolute Gasteiger partial charge is 0.496 e. The number of carbonyl (C=O) groups excluding carboxylic acids is 1. The van der Waals surface area contributed by atoms with Gasteiger partial charge in [0.25, 0.3) is 0 Å². The molecule has 0 saturated heterocycles. The molecule has 0 aliphatic heterocycles. The van der Waals surface area contributed by atoms with Crippen molar-refractivity contribution in [3.05, 3.63) is 69.4 Å². The highest BCUT2D eigenvalue weighted by Crippen LogP contribution is 2.32. The summed E-state index contributed by atoms with van der Waals surface area (Å²) in [6.45, 7) is 9.25. The number of aromatic nitrogens is 2. The number of ether oxygens (including phenoxy) is 2. The van der Waals surface area contributed by atoms with Gasteiger partial charge in [-0.05, 0) is 75.8 Å². The second-order valence-electron chi connectivity index (χ2n) is 9.20. The molecule has 9 nitrogen and oxygen atoms in total. The third-order valence-corrected chi connectivity index (χ3v) is 7.63. The van der Waals surface area contributed by atoms with Crippen LogP contribution in [-0.4, -0.2) is 38.1 Å². The van der Waals surface area contributed by atoms with Crippen molar-refractivity contribution in [2.24, 2.45) is 0 Å². The predicted molar refractivity (Wildman–Crippen MR) is 145 cm³/mol. The Labute approximate surface area is 224 Å². The SMILES string of the molecule is CCOC(=O)CCCc1ccc(Cc2c(C)nc(N)nc2OS(=O)(=O)c2c(C)cc(C)cc2C)c(OC)c1.